The number of benzene rings is 1. The van der Waals surface area contributed by atoms with Gasteiger partial charge in [0.05, 0.1) is 0 Å². The Labute approximate surface area is 90.7 Å². The second kappa shape index (κ2) is 7.03. The van der Waals surface area contributed by atoms with Crippen molar-refractivity contribution in [2.45, 2.75) is 19.3 Å². The first-order valence-corrected chi connectivity index (χ1v) is 5.21. The Hall–Kier alpha value is -1.33. The predicted octanol–water partition coefficient (Wildman–Crippen LogP) is 2.37. The first-order valence-electron chi connectivity index (χ1n) is 5.21. The Morgan fingerprint density at radius 1 is 1.20 bits per heavy atom. The zero-order chi connectivity index (χ0) is 10.9. The molecule has 0 aliphatic heterocycles. The Morgan fingerprint density at radius 3 is 2.60 bits per heavy atom. The number of halogens is 1. The molecule has 0 heterocycles. The Kier molecular flexibility index (Phi) is 5.50. The van der Waals surface area contributed by atoms with E-state index < -0.39 is 0 Å². The van der Waals surface area contributed by atoms with E-state index in [4.69, 9.17) is 6.42 Å². The maximum atomic E-state index is 12.6. The summed E-state index contributed by atoms with van der Waals surface area (Å²) >= 11 is 0. The minimum atomic E-state index is -0.180. The maximum absolute atomic E-state index is 12.6. The number of rotatable bonds is 6. The molecule has 1 N–H and O–H groups in total. The highest BCUT2D eigenvalue weighted by molar-refractivity contribution is 5.16. The SMILES string of the molecule is C#CCCCNCCc1ccc(F)cc1. The van der Waals surface area contributed by atoms with Gasteiger partial charge in [0.1, 0.15) is 5.82 Å². The zero-order valence-electron chi connectivity index (χ0n) is 8.80. The van der Waals surface area contributed by atoms with E-state index in [1.165, 1.54) is 12.1 Å². The fourth-order valence-corrected chi connectivity index (χ4v) is 1.32. The average molecular weight is 205 g/mol. The minimum Gasteiger partial charge on any atom is -0.316 e. The van der Waals surface area contributed by atoms with Crippen LogP contribution in [0.1, 0.15) is 18.4 Å². The topological polar surface area (TPSA) is 12.0 Å². The lowest BCUT2D eigenvalue weighted by Crippen LogP contribution is -2.18. The molecular weight excluding hydrogens is 189 g/mol. The van der Waals surface area contributed by atoms with Crippen LogP contribution in [0.5, 0.6) is 0 Å². The molecule has 0 fully saturated rings. The summed E-state index contributed by atoms with van der Waals surface area (Å²) in [7, 11) is 0. The molecule has 0 radical (unpaired) electrons. The lowest BCUT2D eigenvalue weighted by atomic mass is 10.1. The van der Waals surface area contributed by atoms with E-state index in [0.29, 0.717) is 0 Å². The number of hydrogen-bond acceptors (Lipinski definition) is 1. The molecule has 0 bridgehead atoms. The molecule has 0 saturated heterocycles. The molecular formula is C13H16FN. The standard InChI is InChI=1S/C13H16FN/c1-2-3-4-10-15-11-9-12-5-7-13(14)8-6-12/h1,5-8,15H,3-4,9-11H2. The van der Waals surface area contributed by atoms with Crippen molar-refractivity contribution < 1.29 is 4.39 Å². The van der Waals surface area contributed by atoms with Crippen molar-refractivity contribution in [1.82, 2.24) is 5.32 Å². The van der Waals surface area contributed by atoms with Crippen molar-refractivity contribution in [3.63, 3.8) is 0 Å². The van der Waals surface area contributed by atoms with E-state index in [1.54, 1.807) is 0 Å². The maximum Gasteiger partial charge on any atom is 0.123 e. The fraction of sp³-hybridized carbons (Fsp3) is 0.385. The van der Waals surface area contributed by atoms with Gasteiger partial charge in [-0.15, -0.1) is 12.3 Å². The summed E-state index contributed by atoms with van der Waals surface area (Å²) in [5, 5.41) is 3.29. The molecule has 0 saturated carbocycles. The quantitative estimate of drug-likeness (QED) is 0.555. The summed E-state index contributed by atoms with van der Waals surface area (Å²) in [6.45, 7) is 1.86. The molecule has 0 aliphatic carbocycles. The van der Waals surface area contributed by atoms with E-state index >= 15 is 0 Å². The highest BCUT2D eigenvalue weighted by Crippen LogP contribution is 2.02. The summed E-state index contributed by atoms with van der Waals surface area (Å²) in [5.41, 5.74) is 1.15. The van der Waals surface area contributed by atoms with E-state index in [9.17, 15) is 4.39 Å². The lowest BCUT2D eigenvalue weighted by Gasteiger charge is -2.03. The van der Waals surface area contributed by atoms with Gasteiger partial charge in [0, 0.05) is 6.42 Å². The number of hydrogen-bond donors (Lipinski definition) is 1. The third-order valence-corrected chi connectivity index (χ3v) is 2.18. The van der Waals surface area contributed by atoms with Crippen LogP contribution < -0.4 is 5.32 Å². The molecule has 1 aromatic rings. The third kappa shape index (κ3) is 5.19. The van der Waals surface area contributed by atoms with Gasteiger partial charge in [0.25, 0.3) is 0 Å². The molecule has 1 nitrogen and oxygen atoms in total. The van der Waals surface area contributed by atoms with Gasteiger partial charge in [-0.05, 0) is 43.6 Å². The van der Waals surface area contributed by atoms with Crippen LogP contribution in [0.2, 0.25) is 0 Å². The number of nitrogens with one attached hydrogen (secondary N) is 1. The van der Waals surface area contributed by atoms with Gasteiger partial charge in [0.15, 0.2) is 0 Å². The van der Waals surface area contributed by atoms with Crippen LogP contribution in [-0.2, 0) is 6.42 Å². The van der Waals surface area contributed by atoms with Crippen LogP contribution >= 0.6 is 0 Å². The van der Waals surface area contributed by atoms with Gasteiger partial charge in [-0.3, -0.25) is 0 Å². The van der Waals surface area contributed by atoms with Crippen molar-refractivity contribution in [3.8, 4) is 12.3 Å². The molecule has 1 aromatic carbocycles. The zero-order valence-corrected chi connectivity index (χ0v) is 8.80. The van der Waals surface area contributed by atoms with E-state index in [-0.39, 0.29) is 5.82 Å². The van der Waals surface area contributed by atoms with Crippen LogP contribution in [0.25, 0.3) is 0 Å². The van der Waals surface area contributed by atoms with Crippen molar-refractivity contribution in [2.75, 3.05) is 13.1 Å². The second-order valence-corrected chi connectivity index (χ2v) is 3.43. The van der Waals surface area contributed by atoms with Crippen LogP contribution in [-0.4, -0.2) is 13.1 Å². The molecule has 80 valence electrons. The van der Waals surface area contributed by atoms with Gasteiger partial charge in [0.2, 0.25) is 0 Å². The lowest BCUT2D eigenvalue weighted by molar-refractivity contribution is 0.625. The van der Waals surface area contributed by atoms with Crippen molar-refractivity contribution >= 4 is 0 Å². The van der Waals surface area contributed by atoms with Crippen LogP contribution in [0.4, 0.5) is 4.39 Å². The molecule has 1 rings (SSSR count). The largest absolute Gasteiger partial charge is 0.316 e. The predicted molar refractivity (Wildman–Crippen MR) is 61.0 cm³/mol. The highest BCUT2D eigenvalue weighted by atomic mass is 19.1. The van der Waals surface area contributed by atoms with Gasteiger partial charge in [-0.2, -0.15) is 0 Å². The third-order valence-electron chi connectivity index (χ3n) is 2.18. The summed E-state index contributed by atoms with van der Waals surface area (Å²) in [5.74, 6) is 2.42. The normalized spacial score (nSPS) is 9.87. The molecule has 0 spiro atoms. The molecule has 0 atom stereocenters. The van der Waals surface area contributed by atoms with E-state index in [2.05, 4.69) is 11.2 Å². The Balaban J connectivity index is 2.10. The van der Waals surface area contributed by atoms with Gasteiger partial charge in [-0.25, -0.2) is 4.39 Å². The van der Waals surface area contributed by atoms with Crippen molar-refractivity contribution in [1.29, 1.82) is 0 Å². The van der Waals surface area contributed by atoms with Gasteiger partial charge >= 0.3 is 0 Å². The molecule has 0 aromatic heterocycles. The average Bonchev–Trinajstić information content (AvgIpc) is 2.26. The molecule has 0 aliphatic rings. The molecule has 0 amide bonds. The highest BCUT2D eigenvalue weighted by Gasteiger charge is 1.93. The number of terminal acetylenes is 1. The molecule has 2 heteroatoms. The van der Waals surface area contributed by atoms with E-state index in [1.807, 2.05) is 12.1 Å². The Bertz CT molecular complexity index is 310. The molecule has 0 unspecified atom stereocenters. The monoisotopic (exact) mass is 205 g/mol. The van der Waals surface area contributed by atoms with Crippen LogP contribution in [0.3, 0.4) is 0 Å². The van der Waals surface area contributed by atoms with Crippen molar-refractivity contribution in [3.05, 3.63) is 35.6 Å². The number of unbranched alkanes of at least 4 members (excludes halogenated alkanes) is 1. The second-order valence-electron chi connectivity index (χ2n) is 3.43. The van der Waals surface area contributed by atoms with Crippen LogP contribution in [0.15, 0.2) is 24.3 Å². The van der Waals surface area contributed by atoms with Crippen molar-refractivity contribution in [2.24, 2.45) is 0 Å². The summed E-state index contributed by atoms with van der Waals surface area (Å²) in [6, 6.07) is 6.62. The summed E-state index contributed by atoms with van der Waals surface area (Å²) < 4.78 is 12.6. The molecule has 15 heavy (non-hydrogen) atoms. The summed E-state index contributed by atoms with van der Waals surface area (Å²) in [4.78, 5) is 0. The van der Waals surface area contributed by atoms with Crippen LogP contribution in [0, 0.1) is 18.2 Å². The van der Waals surface area contributed by atoms with E-state index in [0.717, 1.165) is 37.9 Å². The summed E-state index contributed by atoms with van der Waals surface area (Å²) in [6.07, 6.45) is 7.90. The smallest absolute Gasteiger partial charge is 0.123 e. The van der Waals surface area contributed by atoms with Gasteiger partial charge < -0.3 is 5.32 Å². The first-order chi connectivity index (χ1) is 7.33. The first kappa shape index (κ1) is 11.7. The Morgan fingerprint density at radius 2 is 1.93 bits per heavy atom. The minimum absolute atomic E-state index is 0.180. The fourth-order valence-electron chi connectivity index (χ4n) is 1.32. The van der Waals surface area contributed by atoms with Gasteiger partial charge in [-0.1, -0.05) is 12.1 Å².